The number of carbonyl (C=O) groups excluding carboxylic acids is 1. The van der Waals surface area contributed by atoms with Gasteiger partial charge in [-0.2, -0.15) is 8.78 Å². The lowest BCUT2D eigenvalue weighted by molar-refractivity contribution is -0.116. The van der Waals surface area contributed by atoms with Gasteiger partial charge in [-0.15, -0.1) is 0 Å². The molecule has 176 valence electrons. The standard InChI is InChI=1S/C22H28F2N2O6/c1-26(13-14-6-7-16(28-2)17(10-14)32-22(23)24)9-8-20(27)25-15-11-18(29-3)21(31-5)19(12-15)30-4/h6-7,10-12,22H,8-9,13H2,1-5H3,(H,25,27). The summed E-state index contributed by atoms with van der Waals surface area (Å²) in [5.41, 5.74) is 1.25. The van der Waals surface area contributed by atoms with Crippen LogP contribution in [-0.4, -0.2) is 59.5 Å². The van der Waals surface area contributed by atoms with Crippen LogP contribution < -0.4 is 29.0 Å². The van der Waals surface area contributed by atoms with Crippen LogP contribution in [0.5, 0.6) is 28.7 Å². The van der Waals surface area contributed by atoms with Crippen molar-refractivity contribution in [2.75, 3.05) is 47.3 Å². The van der Waals surface area contributed by atoms with E-state index in [-0.39, 0.29) is 23.8 Å². The number of halogens is 2. The maximum Gasteiger partial charge on any atom is 0.387 e. The number of rotatable bonds is 12. The van der Waals surface area contributed by atoms with E-state index in [2.05, 4.69) is 10.1 Å². The first kappa shape index (κ1) is 25.0. The summed E-state index contributed by atoms with van der Waals surface area (Å²) in [6.07, 6.45) is 0.212. The second-order valence-corrected chi connectivity index (χ2v) is 6.81. The number of hydrogen-bond donors (Lipinski definition) is 1. The summed E-state index contributed by atoms with van der Waals surface area (Å²) in [5, 5.41) is 2.81. The van der Waals surface area contributed by atoms with Crippen molar-refractivity contribution >= 4 is 11.6 Å². The summed E-state index contributed by atoms with van der Waals surface area (Å²) in [5.74, 6) is 1.28. The minimum atomic E-state index is -2.95. The molecule has 0 saturated heterocycles. The number of amides is 1. The van der Waals surface area contributed by atoms with Crippen LogP contribution in [0.4, 0.5) is 14.5 Å². The number of nitrogens with zero attached hydrogens (tertiary/aromatic N) is 1. The van der Waals surface area contributed by atoms with Crippen LogP contribution in [-0.2, 0) is 11.3 Å². The van der Waals surface area contributed by atoms with E-state index in [1.165, 1.54) is 34.5 Å². The molecule has 0 heterocycles. The molecule has 1 N–H and O–H groups in total. The van der Waals surface area contributed by atoms with Gasteiger partial charge in [-0.05, 0) is 24.7 Å². The second kappa shape index (κ2) is 11.9. The Labute approximate surface area is 186 Å². The highest BCUT2D eigenvalue weighted by molar-refractivity contribution is 5.91. The van der Waals surface area contributed by atoms with Crippen molar-refractivity contribution in [2.24, 2.45) is 0 Å². The topological polar surface area (TPSA) is 78.5 Å². The van der Waals surface area contributed by atoms with Gasteiger partial charge in [-0.1, -0.05) is 6.07 Å². The molecular weight excluding hydrogens is 426 g/mol. The zero-order valence-electron chi connectivity index (χ0n) is 18.7. The van der Waals surface area contributed by atoms with Gasteiger partial charge in [0.15, 0.2) is 23.0 Å². The molecule has 0 saturated carbocycles. The van der Waals surface area contributed by atoms with Gasteiger partial charge < -0.3 is 33.9 Å². The third-order valence-corrected chi connectivity index (χ3v) is 4.57. The van der Waals surface area contributed by atoms with Gasteiger partial charge >= 0.3 is 6.61 Å². The van der Waals surface area contributed by atoms with E-state index in [1.54, 1.807) is 24.3 Å². The molecule has 0 fully saturated rings. The Hall–Kier alpha value is -3.27. The number of benzene rings is 2. The van der Waals surface area contributed by atoms with Crippen molar-refractivity contribution in [3.8, 4) is 28.7 Å². The molecule has 10 heteroatoms. The van der Waals surface area contributed by atoms with E-state index in [9.17, 15) is 13.6 Å². The summed E-state index contributed by atoms with van der Waals surface area (Å²) in [6, 6.07) is 8.11. The highest BCUT2D eigenvalue weighted by atomic mass is 19.3. The van der Waals surface area contributed by atoms with Crippen LogP contribution in [0.1, 0.15) is 12.0 Å². The highest BCUT2D eigenvalue weighted by Crippen LogP contribution is 2.40. The van der Waals surface area contributed by atoms with Gasteiger partial charge in [0.2, 0.25) is 11.7 Å². The molecule has 0 spiro atoms. The number of alkyl halides is 2. The molecule has 0 aliphatic heterocycles. The Kier molecular flexibility index (Phi) is 9.33. The maximum absolute atomic E-state index is 12.6. The molecule has 0 aliphatic carbocycles. The first-order valence-electron chi connectivity index (χ1n) is 9.71. The Morgan fingerprint density at radius 3 is 2.09 bits per heavy atom. The lowest BCUT2D eigenvalue weighted by Crippen LogP contribution is -2.24. The lowest BCUT2D eigenvalue weighted by atomic mass is 10.2. The Morgan fingerprint density at radius 2 is 1.56 bits per heavy atom. The molecule has 8 nitrogen and oxygen atoms in total. The molecule has 0 bridgehead atoms. The van der Waals surface area contributed by atoms with Crippen molar-refractivity contribution in [1.29, 1.82) is 0 Å². The molecule has 0 aliphatic rings. The summed E-state index contributed by atoms with van der Waals surface area (Å²) in [7, 11) is 7.69. The monoisotopic (exact) mass is 454 g/mol. The third kappa shape index (κ3) is 6.88. The van der Waals surface area contributed by atoms with Crippen molar-refractivity contribution < 1.29 is 37.3 Å². The van der Waals surface area contributed by atoms with Crippen LogP contribution in [0.15, 0.2) is 30.3 Å². The molecule has 0 aromatic heterocycles. The fourth-order valence-electron chi connectivity index (χ4n) is 3.07. The molecule has 2 aromatic rings. The molecule has 0 radical (unpaired) electrons. The van der Waals surface area contributed by atoms with Crippen molar-refractivity contribution in [1.82, 2.24) is 4.90 Å². The molecule has 0 atom stereocenters. The Morgan fingerprint density at radius 1 is 0.938 bits per heavy atom. The fourth-order valence-corrected chi connectivity index (χ4v) is 3.07. The number of methoxy groups -OCH3 is 4. The SMILES string of the molecule is COc1ccc(CN(C)CCC(=O)Nc2cc(OC)c(OC)c(OC)c2)cc1OC(F)F. The van der Waals surface area contributed by atoms with Crippen LogP contribution in [0.2, 0.25) is 0 Å². The quantitative estimate of drug-likeness (QED) is 0.523. The lowest BCUT2D eigenvalue weighted by Gasteiger charge is -2.18. The minimum Gasteiger partial charge on any atom is -0.493 e. The van der Waals surface area contributed by atoms with E-state index >= 15 is 0 Å². The minimum absolute atomic E-state index is 0.0338. The third-order valence-electron chi connectivity index (χ3n) is 4.57. The van der Waals surface area contributed by atoms with E-state index < -0.39 is 6.61 Å². The smallest absolute Gasteiger partial charge is 0.387 e. The van der Waals surface area contributed by atoms with Crippen molar-refractivity contribution in [2.45, 2.75) is 19.6 Å². The first-order chi connectivity index (χ1) is 15.3. The molecule has 2 aromatic carbocycles. The molecule has 2 rings (SSSR count). The number of carbonyl (C=O) groups is 1. The summed E-state index contributed by atoms with van der Waals surface area (Å²) in [6.45, 7) is -2.08. The van der Waals surface area contributed by atoms with Gasteiger partial charge in [0.25, 0.3) is 0 Å². The van der Waals surface area contributed by atoms with E-state index in [0.29, 0.717) is 36.0 Å². The average Bonchev–Trinajstić information content (AvgIpc) is 2.76. The van der Waals surface area contributed by atoms with E-state index in [0.717, 1.165) is 5.56 Å². The van der Waals surface area contributed by atoms with Gasteiger partial charge in [0.05, 0.1) is 28.4 Å². The van der Waals surface area contributed by atoms with Gasteiger partial charge in [-0.25, -0.2) is 0 Å². The Balaban J connectivity index is 1.96. The number of nitrogens with one attached hydrogen (secondary N) is 1. The molecule has 1 amide bonds. The van der Waals surface area contributed by atoms with Gasteiger partial charge in [-0.3, -0.25) is 4.79 Å². The van der Waals surface area contributed by atoms with Crippen molar-refractivity contribution in [3.05, 3.63) is 35.9 Å². The number of hydrogen-bond acceptors (Lipinski definition) is 7. The van der Waals surface area contributed by atoms with Crippen LogP contribution in [0.25, 0.3) is 0 Å². The van der Waals surface area contributed by atoms with Crippen LogP contribution in [0, 0.1) is 0 Å². The van der Waals surface area contributed by atoms with Gasteiger partial charge in [0.1, 0.15) is 0 Å². The fraction of sp³-hybridized carbons (Fsp3) is 0.409. The molecule has 0 unspecified atom stereocenters. The summed E-state index contributed by atoms with van der Waals surface area (Å²) in [4.78, 5) is 14.3. The zero-order valence-corrected chi connectivity index (χ0v) is 18.7. The highest BCUT2D eigenvalue weighted by Gasteiger charge is 2.15. The van der Waals surface area contributed by atoms with Crippen LogP contribution in [0.3, 0.4) is 0 Å². The van der Waals surface area contributed by atoms with Gasteiger partial charge in [0, 0.05) is 37.3 Å². The number of ether oxygens (including phenoxy) is 5. The summed E-state index contributed by atoms with van der Waals surface area (Å²) < 4.78 is 50.6. The van der Waals surface area contributed by atoms with E-state index in [1.807, 2.05) is 11.9 Å². The normalized spacial score (nSPS) is 10.8. The predicted molar refractivity (Wildman–Crippen MR) is 115 cm³/mol. The molecule has 32 heavy (non-hydrogen) atoms. The predicted octanol–water partition coefficient (Wildman–Crippen LogP) is 3.78. The largest absolute Gasteiger partial charge is 0.493 e. The molecular formula is C22H28F2N2O6. The summed E-state index contributed by atoms with van der Waals surface area (Å²) >= 11 is 0. The zero-order chi connectivity index (χ0) is 23.7. The number of anilines is 1. The van der Waals surface area contributed by atoms with E-state index in [4.69, 9.17) is 18.9 Å². The Bertz CT molecular complexity index is 885. The maximum atomic E-state index is 12.6. The van der Waals surface area contributed by atoms with Crippen LogP contribution >= 0.6 is 0 Å². The average molecular weight is 454 g/mol. The second-order valence-electron chi connectivity index (χ2n) is 6.81. The van der Waals surface area contributed by atoms with Crippen molar-refractivity contribution in [3.63, 3.8) is 0 Å². The first-order valence-corrected chi connectivity index (χ1v) is 9.71.